The van der Waals surface area contributed by atoms with Crippen LogP contribution in [0.25, 0.3) is 0 Å². The zero-order chi connectivity index (χ0) is 15.3. The maximum Gasteiger partial charge on any atom is 0.216 e. The van der Waals surface area contributed by atoms with Gasteiger partial charge in [-0.2, -0.15) is 0 Å². The van der Waals surface area contributed by atoms with E-state index in [1.165, 1.54) is 5.56 Å². The molecule has 6 heteroatoms. The molecule has 1 aromatic heterocycles. The van der Waals surface area contributed by atoms with Crippen molar-refractivity contribution in [2.24, 2.45) is 0 Å². The van der Waals surface area contributed by atoms with Crippen LogP contribution in [-0.4, -0.2) is 41.0 Å². The van der Waals surface area contributed by atoms with Crippen molar-refractivity contribution in [1.82, 2.24) is 14.3 Å². The fraction of sp³-hybridized carbons (Fsp3) is 0.733. The monoisotopic (exact) mass is 309 g/mol. The van der Waals surface area contributed by atoms with Gasteiger partial charge in [0.25, 0.3) is 0 Å². The smallest absolute Gasteiger partial charge is 0.216 e. The number of hydrogen-bond acceptors (Lipinski definition) is 4. The minimum absolute atomic E-state index is 0.0940. The van der Waals surface area contributed by atoms with Crippen LogP contribution in [0.3, 0.4) is 0 Å². The summed E-state index contributed by atoms with van der Waals surface area (Å²) >= 11 is 0. The van der Waals surface area contributed by atoms with Gasteiger partial charge in [0, 0.05) is 24.7 Å². The van der Waals surface area contributed by atoms with E-state index in [9.17, 15) is 8.42 Å². The Labute approximate surface area is 126 Å². The average molecular weight is 309 g/mol. The highest BCUT2D eigenvalue weighted by Crippen LogP contribution is 2.44. The lowest BCUT2D eigenvalue weighted by Gasteiger charge is -2.40. The first-order valence-corrected chi connectivity index (χ1v) is 9.17. The fourth-order valence-corrected chi connectivity index (χ4v) is 5.04. The standard InChI is InChI=1S/C15H23N3O2S/c1-11(2)21(19,20)18-8-4-6-15(10-18)7-5-13-9-16-12(3)17-14(13)15/h9,11H,4-8,10H2,1-3H3. The van der Waals surface area contributed by atoms with Crippen molar-refractivity contribution in [3.05, 3.63) is 23.3 Å². The molecule has 1 aliphatic carbocycles. The summed E-state index contributed by atoms with van der Waals surface area (Å²) in [5.74, 6) is 0.777. The zero-order valence-electron chi connectivity index (χ0n) is 13.0. The molecule has 1 saturated heterocycles. The number of hydrogen-bond donors (Lipinski definition) is 0. The van der Waals surface area contributed by atoms with Crippen LogP contribution in [0.2, 0.25) is 0 Å². The second-order valence-corrected chi connectivity index (χ2v) is 9.09. The molecule has 1 spiro atoms. The van der Waals surface area contributed by atoms with Crippen molar-refractivity contribution < 1.29 is 8.42 Å². The molecule has 0 radical (unpaired) electrons. The highest BCUT2D eigenvalue weighted by molar-refractivity contribution is 7.89. The van der Waals surface area contributed by atoms with Crippen molar-refractivity contribution in [2.45, 2.75) is 57.1 Å². The maximum absolute atomic E-state index is 12.5. The van der Waals surface area contributed by atoms with E-state index in [-0.39, 0.29) is 10.7 Å². The van der Waals surface area contributed by atoms with E-state index in [4.69, 9.17) is 0 Å². The molecule has 5 nitrogen and oxygen atoms in total. The predicted molar refractivity (Wildman–Crippen MR) is 81.6 cm³/mol. The third-order valence-corrected chi connectivity index (χ3v) is 7.08. The lowest BCUT2D eigenvalue weighted by atomic mass is 9.78. The Morgan fingerprint density at radius 1 is 1.33 bits per heavy atom. The third kappa shape index (κ3) is 2.38. The van der Waals surface area contributed by atoms with Crippen LogP contribution >= 0.6 is 0 Å². The number of aromatic nitrogens is 2. The average Bonchev–Trinajstić information content (AvgIpc) is 2.77. The molecule has 0 N–H and O–H groups in total. The number of nitrogens with zero attached hydrogens (tertiary/aromatic N) is 3. The van der Waals surface area contributed by atoms with E-state index >= 15 is 0 Å². The summed E-state index contributed by atoms with van der Waals surface area (Å²) in [5, 5.41) is -0.361. The molecule has 1 fully saturated rings. The topological polar surface area (TPSA) is 63.2 Å². The van der Waals surface area contributed by atoms with Crippen LogP contribution in [0.4, 0.5) is 0 Å². The van der Waals surface area contributed by atoms with Gasteiger partial charge in [0.05, 0.1) is 10.9 Å². The fourth-order valence-electron chi connectivity index (χ4n) is 3.63. The van der Waals surface area contributed by atoms with Gasteiger partial charge >= 0.3 is 0 Å². The molecule has 2 aliphatic rings. The molecule has 0 amide bonds. The van der Waals surface area contributed by atoms with Crippen LogP contribution in [0.5, 0.6) is 0 Å². The molecular weight excluding hydrogens is 286 g/mol. The van der Waals surface area contributed by atoms with Crippen molar-refractivity contribution >= 4 is 10.0 Å². The minimum atomic E-state index is -3.19. The Morgan fingerprint density at radius 2 is 2.10 bits per heavy atom. The summed E-state index contributed by atoms with van der Waals surface area (Å²) in [6.07, 6.45) is 5.81. The molecule has 2 heterocycles. The summed E-state index contributed by atoms with van der Waals surface area (Å²) < 4.78 is 26.7. The summed E-state index contributed by atoms with van der Waals surface area (Å²) in [6, 6.07) is 0. The van der Waals surface area contributed by atoms with Crippen molar-refractivity contribution in [3.63, 3.8) is 0 Å². The van der Waals surface area contributed by atoms with E-state index in [2.05, 4.69) is 9.97 Å². The van der Waals surface area contributed by atoms with Crippen LogP contribution in [0.1, 0.15) is 50.2 Å². The van der Waals surface area contributed by atoms with Gasteiger partial charge in [0.15, 0.2) is 0 Å². The number of fused-ring (bicyclic) bond motifs is 2. The molecule has 0 saturated carbocycles. The molecular formula is C15H23N3O2S. The Bertz CT molecular complexity index is 653. The third-order valence-electron chi connectivity index (χ3n) is 4.86. The van der Waals surface area contributed by atoms with E-state index in [0.717, 1.165) is 37.2 Å². The summed E-state index contributed by atoms with van der Waals surface area (Å²) in [6.45, 7) is 6.63. The van der Waals surface area contributed by atoms with Crippen LogP contribution < -0.4 is 0 Å². The lowest BCUT2D eigenvalue weighted by molar-refractivity contribution is 0.218. The molecule has 1 aliphatic heterocycles. The molecule has 0 bridgehead atoms. The second kappa shape index (κ2) is 5.02. The van der Waals surface area contributed by atoms with Crippen molar-refractivity contribution in [3.8, 4) is 0 Å². The second-order valence-electron chi connectivity index (χ2n) is 6.60. The number of piperidine rings is 1. The largest absolute Gasteiger partial charge is 0.241 e. The SMILES string of the molecule is Cc1ncc2c(n1)C1(CCCN(S(=O)(=O)C(C)C)C1)CC2. The van der Waals surface area contributed by atoms with Gasteiger partial charge in [-0.25, -0.2) is 22.7 Å². The normalized spacial score (nSPS) is 26.5. The highest BCUT2D eigenvalue weighted by Gasteiger charge is 2.46. The molecule has 3 rings (SSSR count). The maximum atomic E-state index is 12.5. The van der Waals surface area contributed by atoms with E-state index in [1.807, 2.05) is 13.1 Å². The van der Waals surface area contributed by atoms with Crippen LogP contribution in [-0.2, 0) is 21.9 Å². The quantitative estimate of drug-likeness (QED) is 0.836. The summed E-state index contributed by atoms with van der Waals surface area (Å²) in [5.41, 5.74) is 2.20. The Morgan fingerprint density at radius 3 is 2.81 bits per heavy atom. The Hall–Kier alpha value is -1.01. The first-order valence-electron chi connectivity index (χ1n) is 7.67. The van der Waals surface area contributed by atoms with Crippen LogP contribution in [0, 0.1) is 6.92 Å². The number of aryl methyl sites for hydroxylation is 2. The lowest BCUT2D eigenvalue weighted by Crippen LogP contribution is -2.49. The molecule has 21 heavy (non-hydrogen) atoms. The molecule has 1 unspecified atom stereocenters. The minimum Gasteiger partial charge on any atom is -0.241 e. The van der Waals surface area contributed by atoms with Gasteiger partial charge in [0.2, 0.25) is 10.0 Å². The molecule has 1 aromatic rings. The number of rotatable bonds is 2. The van der Waals surface area contributed by atoms with E-state index in [1.54, 1.807) is 18.2 Å². The van der Waals surface area contributed by atoms with Gasteiger partial charge in [-0.15, -0.1) is 0 Å². The summed E-state index contributed by atoms with van der Waals surface area (Å²) in [4.78, 5) is 8.94. The van der Waals surface area contributed by atoms with Gasteiger partial charge < -0.3 is 0 Å². The van der Waals surface area contributed by atoms with Gasteiger partial charge in [0.1, 0.15) is 5.82 Å². The van der Waals surface area contributed by atoms with Gasteiger partial charge in [-0.3, -0.25) is 0 Å². The van der Waals surface area contributed by atoms with Crippen molar-refractivity contribution in [2.75, 3.05) is 13.1 Å². The molecule has 116 valence electrons. The zero-order valence-corrected chi connectivity index (χ0v) is 13.8. The Kier molecular flexibility index (Phi) is 3.56. The molecule has 1 atom stereocenters. The van der Waals surface area contributed by atoms with E-state index in [0.29, 0.717) is 13.1 Å². The predicted octanol–water partition coefficient (Wildman–Crippen LogP) is 1.80. The highest BCUT2D eigenvalue weighted by atomic mass is 32.2. The van der Waals surface area contributed by atoms with Gasteiger partial charge in [-0.05, 0) is 52.0 Å². The van der Waals surface area contributed by atoms with E-state index < -0.39 is 10.0 Å². The number of sulfonamides is 1. The Balaban J connectivity index is 1.97. The van der Waals surface area contributed by atoms with Gasteiger partial charge in [-0.1, -0.05) is 0 Å². The van der Waals surface area contributed by atoms with Crippen LogP contribution in [0.15, 0.2) is 6.20 Å². The summed E-state index contributed by atoms with van der Waals surface area (Å²) in [7, 11) is -3.19. The van der Waals surface area contributed by atoms with Crippen molar-refractivity contribution in [1.29, 1.82) is 0 Å². The first-order chi connectivity index (χ1) is 9.85. The first kappa shape index (κ1) is 14.9. The molecule has 0 aromatic carbocycles.